The van der Waals surface area contributed by atoms with Crippen LogP contribution in [0.15, 0.2) is 18.2 Å². The molecule has 0 bridgehead atoms. The Morgan fingerprint density at radius 1 is 1.28 bits per heavy atom. The number of carbonyl (C=O) groups is 5. The molecule has 1 atom stereocenters. The zero-order chi connectivity index (χ0) is 23.7. The zero-order valence-corrected chi connectivity index (χ0v) is 18.2. The maximum Gasteiger partial charge on any atom is 0.324 e. The van der Waals surface area contributed by atoms with Crippen molar-refractivity contribution in [1.29, 1.82) is 0 Å². The summed E-state index contributed by atoms with van der Waals surface area (Å²) in [6.45, 7) is -0.330. The highest BCUT2D eigenvalue weighted by atomic mass is 35.5. The Kier molecular flexibility index (Phi) is 9.26. The van der Waals surface area contributed by atoms with Gasteiger partial charge in [0.1, 0.15) is 18.3 Å². The summed E-state index contributed by atoms with van der Waals surface area (Å²) in [6.07, 6.45) is 0.176. The largest absolute Gasteiger partial charge is 0.496 e. The fraction of sp³-hybridized carbons (Fsp3) is 0.450. The molecule has 1 saturated heterocycles. The predicted molar refractivity (Wildman–Crippen MR) is 113 cm³/mol. The van der Waals surface area contributed by atoms with Crippen LogP contribution in [0.2, 0.25) is 5.02 Å². The second kappa shape index (κ2) is 11.9. The van der Waals surface area contributed by atoms with Crippen LogP contribution in [0.3, 0.4) is 0 Å². The molecule has 1 unspecified atom stereocenters. The van der Waals surface area contributed by atoms with Crippen molar-refractivity contribution in [3.63, 3.8) is 0 Å². The van der Waals surface area contributed by atoms with Gasteiger partial charge in [-0.3, -0.25) is 24.1 Å². The molecule has 1 aliphatic rings. The van der Waals surface area contributed by atoms with Crippen LogP contribution in [0.5, 0.6) is 5.75 Å². The van der Waals surface area contributed by atoms with Gasteiger partial charge in [-0.2, -0.15) is 0 Å². The van der Waals surface area contributed by atoms with Crippen molar-refractivity contribution in [2.75, 3.05) is 26.7 Å². The number of hydrogen-bond acceptors (Lipinski definition) is 6. The Morgan fingerprint density at radius 3 is 2.72 bits per heavy atom. The molecule has 0 aliphatic carbocycles. The Balaban J connectivity index is 2.06. The molecule has 5 amide bonds. The monoisotopic (exact) mass is 468 g/mol. The number of aliphatic carboxylic acids is 1. The van der Waals surface area contributed by atoms with Crippen molar-refractivity contribution in [1.82, 2.24) is 20.9 Å². The number of ether oxygens (including phenoxy) is 1. The number of nitrogens with zero attached hydrogens (tertiary/aromatic N) is 1. The van der Waals surface area contributed by atoms with Crippen LogP contribution in [0.4, 0.5) is 4.79 Å². The number of nitrogens with one attached hydrogen (secondary N) is 3. The number of halogens is 1. The van der Waals surface area contributed by atoms with Crippen LogP contribution >= 0.6 is 11.6 Å². The lowest BCUT2D eigenvalue weighted by molar-refractivity contribution is -0.138. The van der Waals surface area contributed by atoms with E-state index in [0.29, 0.717) is 16.3 Å². The number of hydrogen-bond donors (Lipinski definition) is 4. The van der Waals surface area contributed by atoms with Gasteiger partial charge in [0.15, 0.2) is 0 Å². The normalized spacial score (nSPS) is 16.1. The van der Waals surface area contributed by atoms with E-state index in [2.05, 4.69) is 16.0 Å². The van der Waals surface area contributed by atoms with E-state index >= 15 is 0 Å². The standard InChI is InChI=1S/C20H25ClN4O7/c1-32-15-5-4-13(21)9-12(15)10-14-19(30)22-8-6-17(27)25(14)20(31)23-7-2-3-16(26)24-11-18(28)29/h4-5,9,14H,2-3,6-8,10-11H2,1H3,(H,22,30)(H,23,31)(H,24,26)(H,28,29). The Hall–Kier alpha value is -3.34. The minimum Gasteiger partial charge on any atom is -0.496 e. The average molecular weight is 469 g/mol. The summed E-state index contributed by atoms with van der Waals surface area (Å²) < 4.78 is 5.30. The summed E-state index contributed by atoms with van der Waals surface area (Å²) in [6, 6.07) is 2.99. The summed E-state index contributed by atoms with van der Waals surface area (Å²) >= 11 is 6.06. The molecule has 1 aromatic carbocycles. The second-order valence-corrected chi connectivity index (χ2v) is 7.42. The Labute approximate surface area is 189 Å². The number of methoxy groups -OCH3 is 1. The van der Waals surface area contributed by atoms with E-state index in [0.717, 1.165) is 4.90 Å². The highest BCUT2D eigenvalue weighted by molar-refractivity contribution is 6.30. The van der Waals surface area contributed by atoms with Crippen molar-refractivity contribution in [3.05, 3.63) is 28.8 Å². The lowest BCUT2D eigenvalue weighted by Crippen LogP contribution is -2.54. The van der Waals surface area contributed by atoms with Crippen LogP contribution in [-0.4, -0.2) is 72.5 Å². The van der Waals surface area contributed by atoms with E-state index in [1.807, 2.05) is 0 Å². The minimum absolute atomic E-state index is 0.00627. The van der Waals surface area contributed by atoms with Crippen LogP contribution in [0.1, 0.15) is 24.8 Å². The van der Waals surface area contributed by atoms with Gasteiger partial charge < -0.3 is 25.8 Å². The van der Waals surface area contributed by atoms with Crippen LogP contribution in [0.25, 0.3) is 0 Å². The highest BCUT2D eigenvalue weighted by Crippen LogP contribution is 2.26. The third kappa shape index (κ3) is 7.12. The average Bonchev–Trinajstić information content (AvgIpc) is 2.88. The number of benzene rings is 1. The summed E-state index contributed by atoms with van der Waals surface area (Å²) in [7, 11) is 1.46. The van der Waals surface area contributed by atoms with Gasteiger partial charge in [0.25, 0.3) is 0 Å². The molecule has 1 aromatic rings. The number of carbonyl (C=O) groups excluding carboxylic acids is 4. The van der Waals surface area contributed by atoms with Crippen LogP contribution in [0, 0.1) is 0 Å². The fourth-order valence-electron chi connectivity index (χ4n) is 3.17. The third-order valence-corrected chi connectivity index (χ3v) is 4.92. The molecular formula is C20H25ClN4O7. The van der Waals surface area contributed by atoms with Gasteiger partial charge in [0, 0.05) is 37.4 Å². The van der Waals surface area contributed by atoms with Crippen LogP contribution < -0.4 is 20.7 Å². The van der Waals surface area contributed by atoms with Crippen molar-refractivity contribution < 1.29 is 33.8 Å². The molecule has 32 heavy (non-hydrogen) atoms. The van der Waals surface area contributed by atoms with Crippen molar-refractivity contribution >= 4 is 41.3 Å². The molecule has 0 spiro atoms. The molecule has 4 N–H and O–H groups in total. The first kappa shape index (κ1) is 24.9. The first-order chi connectivity index (χ1) is 15.2. The molecule has 1 heterocycles. The minimum atomic E-state index is -1.16. The van der Waals surface area contributed by atoms with Gasteiger partial charge >= 0.3 is 12.0 Å². The van der Waals surface area contributed by atoms with Gasteiger partial charge in [-0.25, -0.2) is 4.79 Å². The van der Waals surface area contributed by atoms with E-state index < -0.39 is 42.3 Å². The smallest absolute Gasteiger partial charge is 0.324 e. The summed E-state index contributed by atoms with van der Waals surface area (Å²) in [5, 5.41) is 16.3. The first-order valence-corrected chi connectivity index (χ1v) is 10.3. The number of carboxylic acid groups (broad SMARTS) is 1. The van der Waals surface area contributed by atoms with E-state index in [4.69, 9.17) is 21.4 Å². The van der Waals surface area contributed by atoms with Gasteiger partial charge in [-0.15, -0.1) is 0 Å². The molecular weight excluding hydrogens is 444 g/mol. The fourth-order valence-corrected chi connectivity index (χ4v) is 3.36. The molecule has 2 rings (SSSR count). The van der Waals surface area contributed by atoms with Gasteiger partial charge in [-0.05, 0) is 30.2 Å². The summed E-state index contributed by atoms with van der Waals surface area (Å²) in [5.74, 6) is -2.18. The van der Waals surface area contributed by atoms with E-state index in [9.17, 15) is 24.0 Å². The number of amides is 5. The number of imide groups is 1. The molecule has 0 saturated carbocycles. The molecule has 0 radical (unpaired) electrons. The molecule has 1 aliphatic heterocycles. The lowest BCUT2D eigenvalue weighted by atomic mass is 10.0. The molecule has 1 fully saturated rings. The van der Waals surface area contributed by atoms with Crippen molar-refractivity contribution in [2.24, 2.45) is 0 Å². The second-order valence-electron chi connectivity index (χ2n) is 6.99. The Bertz CT molecular complexity index is 893. The maximum atomic E-state index is 12.8. The predicted octanol–water partition coefficient (Wildman–Crippen LogP) is 0.299. The SMILES string of the molecule is COc1ccc(Cl)cc1CC1C(=O)NCCC(=O)N1C(=O)NCCCC(=O)NCC(=O)O. The number of carboxylic acids is 1. The highest BCUT2D eigenvalue weighted by Gasteiger charge is 2.37. The van der Waals surface area contributed by atoms with Crippen LogP contribution in [-0.2, 0) is 25.6 Å². The maximum absolute atomic E-state index is 12.8. The topological polar surface area (TPSA) is 154 Å². The summed E-state index contributed by atoms with van der Waals surface area (Å²) in [5.41, 5.74) is 0.558. The van der Waals surface area contributed by atoms with Crippen molar-refractivity contribution in [2.45, 2.75) is 31.7 Å². The number of rotatable bonds is 9. The van der Waals surface area contributed by atoms with E-state index in [-0.39, 0.29) is 38.8 Å². The molecule has 0 aromatic heterocycles. The lowest BCUT2D eigenvalue weighted by Gasteiger charge is -2.27. The first-order valence-electron chi connectivity index (χ1n) is 9.91. The van der Waals surface area contributed by atoms with E-state index in [1.54, 1.807) is 18.2 Å². The zero-order valence-electron chi connectivity index (χ0n) is 17.5. The molecule has 12 heteroatoms. The molecule has 174 valence electrons. The van der Waals surface area contributed by atoms with Gasteiger partial charge in [0.05, 0.1) is 7.11 Å². The quantitative estimate of drug-likeness (QED) is 0.380. The Morgan fingerprint density at radius 2 is 2.03 bits per heavy atom. The van der Waals surface area contributed by atoms with E-state index in [1.165, 1.54) is 7.11 Å². The van der Waals surface area contributed by atoms with Crippen molar-refractivity contribution in [3.8, 4) is 5.75 Å². The summed E-state index contributed by atoms with van der Waals surface area (Å²) in [4.78, 5) is 60.9. The molecule has 11 nitrogen and oxygen atoms in total. The third-order valence-electron chi connectivity index (χ3n) is 4.69. The van der Waals surface area contributed by atoms with Gasteiger partial charge in [0.2, 0.25) is 17.7 Å². The van der Waals surface area contributed by atoms with Gasteiger partial charge in [-0.1, -0.05) is 11.6 Å². The number of urea groups is 1.